The summed E-state index contributed by atoms with van der Waals surface area (Å²) < 4.78 is 0. The van der Waals surface area contributed by atoms with Crippen molar-refractivity contribution in [3.05, 3.63) is 23.8 Å². The van der Waals surface area contributed by atoms with Crippen LogP contribution in [0.5, 0.6) is 11.5 Å². The Kier molecular flexibility index (Phi) is 2.30. The van der Waals surface area contributed by atoms with E-state index < -0.39 is 0 Å². The Labute approximate surface area is 63.7 Å². The fraction of sp³-hybridized carbons (Fsp3) is 0.143. The second-order valence-electron chi connectivity index (χ2n) is 2.15. The van der Waals surface area contributed by atoms with E-state index >= 15 is 0 Å². The van der Waals surface area contributed by atoms with Crippen molar-refractivity contribution in [3.63, 3.8) is 0 Å². The summed E-state index contributed by atoms with van der Waals surface area (Å²) in [4.78, 5) is 0. The molecule has 1 rings (SSSR count). The second-order valence-corrected chi connectivity index (χ2v) is 2.15. The molecule has 11 heavy (non-hydrogen) atoms. The number of hydroxylamine groups is 1. The van der Waals surface area contributed by atoms with Gasteiger partial charge in [-0.05, 0) is 6.07 Å². The minimum absolute atomic E-state index is 0.00388. The molecule has 0 aliphatic carbocycles. The number of aromatic hydroxyl groups is 2. The number of phenols is 2. The number of benzene rings is 1. The van der Waals surface area contributed by atoms with Crippen LogP contribution in [0.3, 0.4) is 0 Å². The molecule has 0 aliphatic rings. The summed E-state index contributed by atoms with van der Waals surface area (Å²) in [6.07, 6.45) is 0. The van der Waals surface area contributed by atoms with Crippen LogP contribution >= 0.6 is 0 Å². The first-order valence-corrected chi connectivity index (χ1v) is 3.12. The van der Waals surface area contributed by atoms with Gasteiger partial charge in [0, 0.05) is 18.2 Å². The Morgan fingerprint density at radius 3 is 2.55 bits per heavy atom. The van der Waals surface area contributed by atoms with Gasteiger partial charge in [-0.2, -0.15) is 0 Å². The third-order valence-corrected chi connectivity index (χ3v) is 1.34. The molecule has 4 nitrogen and oxygen atoms in total. The van der Waals surface area contributed by atoms with E-state index in [9.17, 15) is 0 Å². The molecular weight excluding hydrogens is 146 g/mol. The molecule has 4 N–H and O–H groups in total. The van der Waals surface area contributed by atoms with Crippen LogP contribution in [0.2, 0.25) is 0 Å². The predicted molar refractivity (Wildman–Crippen MR) is 38.4 cm³/mol. The lowest BCUT2D eigenvalue weighted by Crippen LogP contribution is -2.05. The molecule has 0 spiro atoms. The zero-order chi connectivity index (χ0) is 8.27. The topological polar surface area (TPSA) is 72.7 Å². The number of rotatable bonds is 2. The maximum Gasteiger partial charge on any atom is 0.123 e. The number of hydrogen-bond acceptors (Lipinski definition) is 4. The maximum absolute atomic E-state index is 9.11. The Hall–Kier alpha value is -1.26. The number of nitrogens with one attached hydrogen (secondary N) is 1. The van der Waals surface area contributed by atoms with E-state index in [0.717, 1.165) is 0 Å². The van der Waals surface area contributed by atoms with E-state index in [1.54, 1.807) is 0 Å². The van der Waals surface area contributed by atoms with Gasteiger partial charge in [-0.25, -0.2) is 5.48 Å². The molecule has 0 aliphatic heterocycles. The van der Waals surface area contributed by atoms with Crippen LogP contribution in [0.25, 0.3) is 0 Å². The largest absolute Gasteiger partial charge is 0.508 e. The molecule has 0 atom stereocenters. The second kappa shape index (κ2) is 3.23. The average molecular weight is 155 g/mol. The van der Waals surface area contributed by atoms with Gasteiger partial charge in [0.25, 0.3) is 0 Å². The third-order valence-electron chi connectivity index (χ3n) is 1.34. The molecule has 0 unspecified atom stereocenters. The van der Waals surface area contributed by atoms with Crippen LogP contribution in [0.4, 0.5) is 0 Å². The van der Waals surface area contributed by atoms with E-state index in [1.165, 1.54) is 18.2 Å². The van der Waals surface area contributed by atoms with Gasteiger partial charge in [-0.15, -0.1) is 0 Å². The van der Waals surface area contributed by atoms with Crippen molar-refractivity contribution in [2.75, 3.05) is 0 Å². The van der Waals surface area contributed by atoms with Crippen LogP contribution in [-0.4, -0.2) is 15.4 Å². The Morgan fingerprint density at radius 1 is 1.27 bits per heavy atom. The monoisotopic (exact) mass is 155 g/mol. The van der Waals surface area contributed by atoms with Crippen molar-refractivity contribution < 1.29 is 15.4 Å². The van der Waals surface area contributed by atoms with Crippen molar-refractivity contribution in [3.8, 4) is 11.5 Å². The summed E-state index contributed by atoms with van der Waals surface area (Å²) in [5.41, 5.74) is 2.44. The molecule has 4 heteroatoms. The minimum atomic E-state index is -0.0356. The number of hydrogen-bond donors (Lipinski definition) is 4. The highest BCUT2D eigenvalue weighted by atomic mass is 16.5. The Morgan fingerprint density at radius 2 is 2.00 bits per heavy atom. The highest BCUT2D eigenvalue weighted by Crippen LogP contribution is 2.21. The smallest absolute Gasteiger partial charge is 0.123 e. The Balaban J connectivity index is 2.90. The quantitative estimate of drug-likeness (QED) is 0.471. The molecule has 0 aromatic heterocycles. The fourth-order valence-corrected chi connectivity index (χ4v) is 0.787. The summed E-state index contributed by atoms with van der Waals surface area (Å²) in [6, 6.07) is 4.17. The van der Waals surface area contributed by atoms with Gasteiger partial charge in [-0.3, -0.25) is 0 Å². The zero-order valence-corrected chi connectivity index (χ0v) is 5.78. The van der Waals surface area contributed by atoms with Crippen molar-refractivity contribution in [2.24, 2.45) is 0 Å². The van der Waals surface area contributed by atoms with Gasteiger partial charge in [0.15, 0.2) is 0 Å². The van der Waals surface area contributed by atoms with Crippen LogP contribution < -0.4 is 5.48 Å². The summed E-state index contributed by atoms with van der Waals surface area (Å²) in [5, 5.41) is 26.3. The first kappa shape index (κ1) is 7.84. The maximum atomic E-state index is 9.11. The molecule has 0 heterocycles. The molecule has 1 aromatic carbocycles. The van der Waals surface area contributed by atoms with Crippen molar-refractivity contribution in [1.29, 1.82) is 0 Å². The molecule has 60 valence electrons. The van der Waals surface area contributed by atoms with Crippen molar-refractivity contribution in [1.82, 2.24) is 5.48 Å². The number of phenolic OH excluding ortho intramolecular Hbond substituents is 2. The fourth-order valence-electron chi connectivity index (χ4n) is 0.787. The van der Waals surface area contributed by atoms with Crippen molar-refractivity contribution >= 4 is 0 Å². The highest BCUT2D eigenvalue weighted by molar-refractivity contribution is 5.38. The van der Waals surface area contributed by atoms with E-state index in [0.29, 0.717) is 5.56 Å². The van der Waals surface area contributed by atoms with Gasteiger partial charge in [0.05, 0.1) is 0 Å². The summed E-state index contributed by atoms with van der Waals surface area (Å²) >= 11 is 0. The lowest BCUT2D eigenvalue weighted by Gasteiger charge is -2.02. The first-order chi connectivity index (χ1) is 5.24. The molecule has 0 amide bonds. The van der Waals surface area contributed by atoms with E-state index in [4.69, 9.17) is 15.4 Å². The lowest BCUT2D eigenvalue weighted by molar-refractivity contribution is 0.160. The lowest BCUT2D eigenvalue weighted by atomic mass is 10.2. The zero-order valence-electron chi connectivity index (χ0n) is 5.78. The molecular formula is C7H9NO3. The van der Waals surface area contributed by atoms with Gasteiger partial charge in [0.2, 0.25) is 0 Å². The molecule has 0 saturated carbocycles. The average Bonchev–Trinajstić information content (AvgIpc) is 1.95. The SMILES string of the molecule is ONCc1ccc(O)cc1O. The van der Waals surface area contributed by atoms with Crippen molar-refractivity contribution in [2.45, 2.75) is 6.54 Å². The normalized spacial score (nSPS) is 9.91. The van der Waals surface area contributed by atoms with Gasteiger partial charge >= 0.3 is 0 Å². The van der Waals surface area contributed by atoms with Crippen LogP contribution in [-0.2, 0) is 6.54 Å². The summed E-state index contributed by atoms with van der Waals surface area (Å²) in [7, 11) is 0. The summed E-state index contributed by atoms with van der Waals surface area (Å²) in [6.45, 7) is 0.159. The third kappa shape index (κ3) is 1.83. The van der Waals surface area contributed by atoms with Gasteiger partial charge < -0.3 is 15.4 Å². The molecule has 0 bridgehead atoms. The van der Waals surface area contributed by atoms with Crippen LogP contribution in [0.15, 0.2) is 18.2 Å². The predicted octanol–water partition coefficient (Wildman–Crippen LogP) is 0.577. The van der Waals surface area contributed by atoms with E-state index in [2.05, 4.69) is 0 Å². The summed E-state index contributed by atoms with van der Waals surface area (Å²) in [5.74, 6) is -0.0317. The standard InChI is InChI=1S/C7H9NO3/c9-6-2-1-5(4-8-11)7(10)3-6/h1-3,8-11H,4H2. The molecule has 0 radical (unpaired) electrons. The molecule has 1 aromatic rings. The van der Waals surface area contributed by atoms with Gasteiger partial charge in [0.1, 0.15) is 11.5 Å². The minimum Gasteiger partial charge on any atom is -0.508 e. The molecule has 0 saturated heterocycles. The van der Waals surface area contributed by atoms with Crippen LogP contribution in [0.1, 0.15) is 5.56 Å². The van der Waals surface area contributed by atoms with Gasteiger partial charge in [-0.1, -0.05) is 6.07 Å². The van der Waals surface area contributed by atoms with E-state index in [1.807, 2.05) is 5.48 Å². The molecule has 0 fully saturated rings. The Bertz CT molecular complexity index is 249. The first-order valence-electron chi connectivity index (χ1n) is 3.12. The van der Waals surface area contributed by atoms with E-state index in [-0.39, 0.29) is 18.0 Å². The highest BCUT2D eigenvalue weighted by Gasteiger charge is 1.99. The van der Waals surface area contributed by atoms with Crippen LogP contribution in [0, 0.1) is 0 Å².